The number of carbonyl (C=O) groups is 1. The van der Waals surface area contributed by atoms with Crippen LogP contribution in [0.2, 0.25) is 0 Å². The van der Waals surface area contributed by atoms with Crippen LogP contribution in [0.4, 0.5) is 5.69 Å². The predicted octanol–water partition coefficient (Wildman–Crippen LogP) is 5.44. The molecule has 2 fully saturated rings. The van der Waals surface area contributed by atoms with Crippen molar-refractivity contribution in [3.8, 4) is 0 Å². The minimum atomic E-state index is -0.336. The largest absolute Gasteiger partial charge is 0.335 e. The molecular formula is C28H34N6OS. The number of fused-ring (bicyclic) bond motifs is 2. The number of aryl methyl sites for hydroxylation is 2. The molecule has 0 radical (unpaired) electrons. The lowest BCUT2D eigenvalue weighted by molar-refractivity contribution is -0.118. The first-order chi connectivity index (χ1) is 17.5. The second kappa shape index (κ2) is 9.57. The summed E-state index contributed by atoms with van der Waals surface area (Å²) in [6.07, 6.45) is 7.93. The third-order valence-corrected chi connectivity index (χ3v) is 8.74. The van der Waals surface area contributed by atoms with Gasteiger partial charge in [0.25, 0.3) is 0 Å². The molecule has 2 aliphatic rings. The topological polar surface area (TPSA) is 67.1 Å². The van der Waals surface area contributed by atoms with Crippen LogP contribution >= 0.6 is 11.9 Å². The summed E-state index contributed by atoms with van der Waals surface area (Å²) in [5.41, 5.74) is 5.25. The Hall–Kier alpha value is -2.81. The lowest BCUT2D eigenvalue weighted by Gasteiger charge is -2.28. The number of aromatic nitrogens is 3. The van der Waals surface area contributed by atoms with Crippen LogP contribution in [-0.2, 0) is 4.79 Å². The van der Waals surface area contributed by atoms with Gasteiger partial charge in [-0.3, -0.25) is 9.48 Å². The van der Waals surface area contributed by atoms with Gasteiger partial charge in [0.1, 0.15) is 6.04 Å². The fraction of sp³-hybridized carbons (Fsp3) is 0.429. The summed E-state index contributed by atoms with van der Waals surface area (Å²) in [5.74, 6) is -0.0162. The number of hydrogen-bond acceptors (Lipinski definition) is 5. The van der Waals surface area contributed by atoms with Crippen molar-refractivity contribution in [1.82, 2.24) is 24.0 Å². The van der Waals surface area contributed by atoms with E-state index in [0.717, 1.165) is 53.8 Å². The molecule has 2 saturated heterocycles. The lowest BCUT2D eigenvalue weighted by Crippen LogP contribution is -2.43. The summed E-state index contributed by atoms with van der Waals surface area (Å²) >= 11 is 1.86. The minimum absolute atomic E-state index is 0.0162. The molecule has 0 aliphatic carbocycles. The van der Waals surface area contributed by atoms with E-state index in [0.29, 0.717) is 6.04 Å². The Bertz CT molecular complexity index is 1430. The van der Waals surface area contributed by atoms with Crippen LogP contribution in [0.5, 0.6) is 0 Å². The number of nitrogens with zero attached hydrogens (tertiary/aromatic N) is 4. The number of piperidine rings is 1. The Morgan fingerprint density at radius 1 is 1.08 bits per heavy atom. The van der Waals surface area contributed by atoms with Crippen LogP contribution in [0.1, 0.15) is 49.4 Å². The smallest absolute Gasteiger partial charge is 0.247 e. The highest BCUT2D eigenvalue weighted by Crippen LogP contribution is 2.33. The molecule has 0 bridgehead atoms. The first-order valence-electron chi connectivity index (χ1n) is 13.0. The molecule has 188 valence electrons. The number of amides is 1. The van der Waals surface area contributed by atoms with Gasteiger partial charge in [0.05, 0.1) is 17.8 Å². The van der Waals surface area contributed by atoms with E-state index in [1.165, 1.54) is 35.1 Å². The summed E-state index contributed by atoms with van der Waals surface area (Å²) in [5, 5.41) is 13.4. The molecule has 2 aromatic heterocycles. The van der Waals surface area contributed by atoms with E-state index >= 15 is 0 Å². The number of rotatable bonds is 6. The molecule has 2 aromatic carbocycles. The fourth-order valence-corrected chi connectivity index (χ4v) is 6.37. The Labute approximate surface area is 216 Å². The van der Waals surface area contributed by atoms with Gasteiger partial charge in [0, 0.05) is 59.2 Å². The van der Waals surface area contributed by atoms with Gasteiger partial charge in [-0.15, -0.1) is 0 Å². The molecule has 0 saturated carbocycles. The van der Waals surface area contributed by atoms with Crippen molar-refractivity contribution in [3.63, 3.8) is 0 Å². The molecule has 6 rings (SSSR count). The van der Waals surface area contributed by atoms with E-state index in [4.69, 9.17) is 0 Å². The minimum Gasteiger partial charge on any atom is -0.335 e. The normalized spacial score (nSPS) is 18.0. The number of carbonyl (C=O) groups excluding carboxylic acids is 1. The fourth-order valence-electron chi connectivity index (χ4n) is 5.33. The maximum Gasteiger partial charge on any atom is 0.247 e. The highest BCUT2D eigenvalue weighted by Gasteiger charge is 2.23. The SMILES string of the molecule is Cc1cc2cnn(C3CNC3)c2cc1NC(=O)C(C)n1cc(C)c2cc(SN3CCCCC3)ccc21. The zero-order chi connectivity index (χ0) is 24.8. The van der Waals surface area contributed by atoms with E-state index in [1.807, 2.05) is 32.0 Å². The first-order valence-corrected chi connectivity index (χ1v) is 13.8. The highest BCUT2D eigenvalue weighted by molar-refractivity contribution is 7.97. The lowest BCUT2D eigenvalue weighted by atomic mass is 10.1. The number of benzene rings is 2. The van der Waals surface area contributed by atoms with Crippen LogP contribution in [-0.4, -0.2) is 50.7 Å². The Kier molecular flexibility index (Phi) is 6.27. The monoisotopic (exact) mass is 502 g/mol. The van der Waals surface area contributed by atoms with Crippen molar-refractivity contribution in [2.24, 2.45) is 0 Å². The Morgan fingerprint density at radius 2 is 1.89 bits per heavy atom. The molecule has 2 aliphatic heterocycles. The number of hydrogen-bond donors (Lipinski definition) is 2. The van der Waals surface area contributed by atoms with Gasteiger partial charge in [-0.2, -0.15) is 5.10 Å². The number of nitrogens with one attached hydrogen (secondary N) is 2. The van der Waals surface area contributed by atoms with E-state index in [9.17, 15) is 4.79 Å². The standard InChI is InChI=1S/C28H34N6OS/c1-18-11-21-14-30-34(22-15-29-16-22)27(21)13-25(18)31-28(35)20(3)33-17-19(2)24-12-23(7-8-26(24)33)36-32-9-5-4-6-10-32/h7-8,11-14,17,20,22,29H,4-6,9-10,15-16H2,1-3H3,(H,31,35). The average Bonchev–Trinajstić information content (AvgIpc) is 3.39. The second-order valence-electron chi connectivity index (χ2n) is 10.3. The van der Waals surface area contributed by atoms with Gasteiger partial charge >= 0.3 is 0 Å². The van der Waals surface area contributed by atoms with Crippen molar-refractivity contribution in [2.75, 3.05) is 31.5 Å². The van der Waals surface area contributed by atoms with E-state index < -0.39 is 0 Å². The van der Waals surface area contributed by atoms with Gasteiger partial charge < -0.3 is 15.2 Å². The molecule has 7 nitrogen and oxygen atoms in total. The van der Waals surface area contributed by atoms with Crippen molar-refractivity contribution in [3.05, 3.63) is 53.9 Å². The maximum atomic E-state index is 13.4. The van der Waals surface area contributed by atoms with Gasteiger partial charge in [0.2, 0.25) is 5.91 Å². The van der Waals surface area contributed by atoms with Gasteiger partial charge in [-0.05, 0) is 87.0 Å². The number of anilines is 1. The molecule has 8 heteroatoms. The van der Waals surface area contributed by atoms with Crippen molar-refractivity contribution in [2.45, 2.75) is 57.0 Å². The summed E-state index contributed by atoms with van der Waals surface area (Å²) in [6.45, 7) is 10.3. The van der Waals surface area contributed by atoms with Crippen LogP contribution < -0.4 is 10.6 Å². The van der Waals surface area contributed by atoms with Crippen LogP contribution in [0.3, 0.4) is 0 Å². The zero-order valence-corrected chi connectivity index (χ0v) is 22.1. The van der Waals surface area contributed by atoms with Gasteiger partial charge in [-0.25, -0.2) is 4.31 Å². The molecule has 1 unspecified atom stereocenters. The molecular weight excluding hydrogens is 468 g/mol. The van der Waals surface area contributed by atoms with Crippen LogP contribution in [0.25, 0.3) is 21.8 Å². The summed E-state index contributed by atoms with van der Waals surface area (Å²) < 4.78 is 6.65. The van der Waals surface area contributed by atoms with Crippen LogP contribution in [0, 0.1) is 13.8 Å². The Morgan fingerprint density at radius 3 is 2.64 bits per heavy atom. The quantitative estimate of drug-likeness (QED) is 0.344. The molecule has 4 aromatic rings. The molecule has 2 N–H and O–H groups in total. The van der Waals surface area contributed by atoms with Gasteiger partial charge in [-0.1, -0.05) is 6.42 Å². The van der Waals surface area contributed by atoms with E-state index in [1.54, 1.807) is 0 Å². The molecule has 4 heterocycles. The zero-order valence-electron chi connectivity index (χ0n) is 21.3. The molecule has 1 atom stereocenters. The summed E-state index contributed by atoms with van der Waals surface area (Å²) in [6, 6.07) is 10.9. The highest BCUT2D eigenvalue weighted by atomic mass is 32.2. The third-order valence-electron chi connectivity index (χ3n) is 7.66. The molecule has 1 amide bonds. The second-order valence-corrected chi connectivity index (χ2v) is 11.4. The van der Waals surface area contributed by atoms with Crippen molar-refractivity contribution >= 4 is 45.3 Å². The summed E-state index contributed by atoms with van der Waals surface area (Å²) in [4.78, 5) is 14.7. The molecule has 36 heavy (non-hydrogen) atoms. The van der Waals surface area contributed by atoms with E-state index in [2.05, 4.69) is 72.7 Å². The van der Waals surface area contributed by atoms with Crippen LogP contribution in [0.15, 0.2) is 47.6 Å². The average molecular weight is 503 g/mol. The molecule has 0 spiro atoms. The van der Waals surface area contributed by atoms with E-state index in [-0.39, 0.29) is 11.9 Å². The predicted molar refractivity (Wildman–Crippen MR) is 148 cm³/mol. The van der Waals surface area contributed by atoms with Crippen molar-refractivity contribution in [1.29, 1.82) is 0 Å². The summed E-state index contributed by atoms with van der Waals surface area (Å²) in [7, 11) is 0. The van der Waals surface area contributed by atoms with Gasteiger partial charge in [0.15, 0.2) is 0 Å². The van der Waals surface area contributed by atoms with Crippen molar-refractivity contribution < 1.29 is 4.79 Å². The maximum absolute atomic E-state index is 13.4. The first kappa shape index (κ1) is 23.6. The third kappa shape index (κ3) is 4.31. The Balaban J connectivity index is 1.23.